The van der Waals surface area contributed by atoms with E-state index in [4.69, 9.17) is 5.11 Å². The van der Waals surface area contributed by atoms with Gasteiger partial charge in [-0.3, -0.25) is 9.88 Å². The van der Waals surface area contributed by atoms with Crippen LogP contribution in [0.1, 0.15) is 28.3 Å². The maximum absolute atomic E-state index is 8.81. The van der Waals surface area contributed by atoms with Crippen molar-refractivity contribution in [2.75, 3.05) is 19.7 Å². The zero-order chi connectivity index (χ0) is 18.5. The predicted octanol–water partition coefficient (Wildman–Crippen LogP) is 4.14. The van der Waals surface area contributed by atoms with Gasteiger partial charge >= 0.3 is 0 Å². The first-order chi connectivity index (χ1) is 13.3. The summed E-state index contributed by atoms with van der Waals surface area (Å²) in [6.07, 6.45) is 3.12. The highest BCUT2D eigenvalue weighted by Gasteiger charge is 2.24. The van der Waals surface area contributed by atoms with Gasteiger partial charge in [0.15, 0.2) is 0 Å². The molecular formula is C23H22N2OS. The maximum atomic E-state index is 8.81. The van der Waals surface area contributed by atoms with Crippen molar-refractivity contribution >= 4 is 11.3 Å². The van der Waals surface area contributed by atoms with Crippen LogP contribution in [0, 0.1) is 11.8 Å². The smallest absolute Gasteiger partial charge is 0.104 e. The zero-order valence-electron chi connectivity index (χ0n) is 15.1. The van der Waals surface area contributed by atoms with Crippen LogP contribution in [0.5, 0.6) is 0 Å². The minimum absolute atomic E-state index is 0.0874. The summed E-state index contributed by atoms with van der Waals surface area (Å²) in [5.41, 5.74) is 4.61. The Balaban J connectivity index is 1.42. The summed E-state index contributed by atoms with van der Waals surface area (Å²) in [5, 5.41) is 10.9. The Morgan fingerprint density at radius 1 is 1.19 bits per heavy atom. The molecule has 1 aliphatic heterocycles. The quantitative estimate of drug-likeness (QED) is 0.697. The van der Waals surface area contributed by atoms with Crippen LogP contribution in [0.2, 0.25) is 0 Å². The normalized spacial score (nSPS) is 16.9. The molecule has 3 nitrogen and oxygen atoms in total. The third kappa shape index (κ3) is 4.45. The number of nitrogens with zero attached hydrogens (tertiary/aromatic N) is 2. The monoisotopic (exact) mass is 374 g/mol. The first-order valence-corrected chi connectivity index (χ1v) is 10.1. The number of pyridine rings is 1. The third-order valence-corrected chi connectivity index (χ3v) is 5.86. The van der Waals surface area contributed by atoms with Crippen molar-refractivity contribution in [2.24, 2.45) is 0 Å². The van der Waals surface area contributed by atoms with E-state index in [0.717, 1.165) is 30.9 Å². The van der Waals surface area contributed by atoms with E-state index < -0.39 is 0 Å². The number of aromatic nitrogens is 1. The van der Waals surface area contributed by atoms with E-state index in [-0.39, 0.29) is 6.61 Å². The van der Waals surface area contributed by atoms with Crippen LogP contribution < -0.4 is 0 Å². The highest BCUT2D eigenvalue weighted by Crippen LogP contribution is 2.30. The number of benzene rings is 1. The van der Waals surface area contributed by atoms with Crippen molar-refractivity contribution < 1.29 is 5.11 Å². The van der Waals surface area contributed by atoms with Crippen molar-refractivity contribution in [3.05, 3.63) is 76.1 Å². The predicted molar refractivity (Wildman–Crippen MR) is 111 cm³/mol. The van der Waals surface area contributed by atoms with Crippen molar-refractivity contribution in [2.45, 2.75) is 18.9 Å². The molecule has 1 atom stereocenters. The molecule has 0 saturated carbocycles. The van der Waals surface area contributed by atoms with Gasteiger partial charge < -0.3 is 5.11 Å². The molecule has 4 rings (SSSR count). The Morgan fingerprint density at radius 2 is 2.07 bits per heavy atom. The molecule has 1 N–H and O–H groups in total. The number of aliphatic hydroxyl groups is 1. The Bertz CT molecular complexity index is 955. The highest BCUT2D eigenvalue weighted by molar-refractivity contribution is 7.10. The van der Waals surface area contributed by atoms with E-state index in [9.17, 15) is 0 Å². The molecule has 0 radical (unpaired) electrons. The Morgan fingerprint density at radius 3 is 2.93 bits per heavy atom. The number of hydrogen-bond acceptors (Lipinski definition) is 4. The fraction of sp³-hybridized carbons (Fsp3) is 0.261. The van der Waals surface area contributed by atoms with Crippen molar-refractivity contribution in [1.82, 2.24) is 9.88 Å². The lowest BCUT2D eigenvalue weighted by atomic mass is 9.97. The van der Waals surface area contributed by atoms with Crippen LogP contribution in [-0.4, -0.2) is 34.7 Å². The molecule has 3 aromatic rings. The van der Waals surface area contributed by atoms with Gasteiger partial charge in [-0.15, -0.1) is 11.3 Å². The standard InChI is InChI=1S/C23H22N2OS/c26-12-4-5-18-13-22(27-17-18)16-25-11-9-21(15-25)20-8-10-24-23(14-20)19-6-2-1-3-7-19/h1-3,6-8,10,13-14,17,21,26H,9,11-12,15-16H2. The van der Waals surface area contributed by atoms with Gasteiger partial charge in [0, 0.05) is 40.7 Å². The van der Waals surface area contributed by atoms with E-state index >= 15 is 0 Å². The van der Waals surface area contributed by atoms with Crippen molar-refractivity contribution in [1.29, 1.82) is 0 Å². The molecule has 27 heavy (non-hydrogen) atoms. The van der Waals surface area contributed by atoms with E-state index in [1.165, 1.54) is 22.4 Å². The first kappa shape index (κ1) is 17.9. The summed E-state index contributed by atoms with van der Waals surface area (Å²) in [7, 11) is 0. The van der Waals surface area contributed by atoms with Gasteiger partial charge in [-0.2, -0.15) is 0 Å². The van der Waals surface area contributed by atoms with Gasteiger partial charge in [0.1, 0.15) is 6.61 Å². The third-order valence-electron chi connectivity index (χ3n) is 4.94. The molecule has 136 valence electrons. The van der Waals surface area contributed by atoms with E-state index in [1.54, 1.807) is 11.3 Å². The number of rotatable bonds is 4. The second kappa shape index (κ2) is 8.49. The molecule has 0 amide bonds. The van der Waals surface area contributed by atoms with Gasteiger partial charge in [0.25, 0.3) is 0 Å². The molecule has 0 aliphatic carbocycles. The van der Waals surface area contributed by atoms with Crippen LogP contribution in [-0.2, 0) is 6.54 Å². The molecule has 0 bridgehead atoms. The number of aliphatic hydroxyl groups excluding tert-OH is 1. The number of likely N-dealkylation sites (tertiary alicyclic amines) is 1. The van der Waals surface area contributed by atoms with Gasteiger partial charge in [-0.05, 0) is 42.6 Å². The Hall–Kier alpha value is -2.45. The average Bonchev–Trinajstić information content (AvgIpc) is 3.37. The molecule has 2 aromatic heterocycles. The summed E-state index contributed by atoms with van der Waals surface area (Å²) in [6.45, 7) is 3.07. The van der Waals surface area contributed by atoms with E-state index in [0.29, 0.717) is 5.92 Å². The summed E-state index contributed by atoms with van der Waals surface area (Å²) < 4.78 is 0. The molecule has 1 unspecified atom stereocenters. The molecule has 0 spiro atoms. The second-order valence-electron chi connectivity index (χ2n) is 6.82. The SMILES string of the molecule is OCC#Cc1csc(CN2CCC(c3ccnc(-c4ccccc4)c3)C2)c1. The van der Waals surface area contributed by atoms with Gasteiger partial charge in [0.05, 0.1) is 5.69 Å². The maximum Gasteiger partial charge on any atom is 0.104 e. The van der Waals surface area contributed by atoms with Gasteiger partial charge in [-0.1, -0.05) is 42.2 Å². The summed E-state index contributed by atoms with van der Waals surface area (Å²) in [5.74, 6) is 6.25. The lowest BCUT2D eigenvalue weighted by Crippen LogP contribution is -2.19. The summed E-state index contributed by atoms with van der Waals surface area (Å²) in [4.78, 5) is 8.40. The van der Waals surface area contributed by atoms with E-state index in [1.807, 2.05) is 12.3 Å². The van der Waals surface area contributed by atoms with Crippen LogP contribution in [0.4, 0.5) is 0 Å². The number of hydrogen-bond donors (Lipinski definition) is 1. The molecule has 1 saturated heterocycles. The Labute approximate surface area is 164 Å². The molecule has 1 aliphatic rings. The molecule has 4 heteroatoms. The van der Waals surface area contributed by atoms with Crippen molar-refractivity contribution in [3.63, 3.8) is 0 Å². The lowest BCUT2D eigenvalue weighted by molar-refractivity contribution is 0.330. The fourth-order valence-corrected chi connectivity index (χ4v) is 4.46. The molecule has 3 heterocycles. The van der Waals surface area contributed by atoms with Gasteiger partial charge in [0.2, 0.25) is 0 Å². The second-order valence-corrected chi connectivity index (χ2v) is 7.82. The average molecular weight is 375 g/mol. The molecular weight excluding hydrogens is 352 g/mol. The van der Waals surface area contributed by atoms with E-state index in [2.05, 4.69) is 69.6 Å². The summed E-state index contributed by atoms with van der Waals surface area (Å²) in [6, 6.07) is 16.9. The lowest BCUT2D eigenvalue weighted by Gasteiger charge is -2.15. The minimum Gasteiger partial charge on any atom is -0.384 e. The highest BCUT2D eigenvalue weighted by atomic mass is 32.1. The van der Waals surface area contributed by atoms with Crippen molar-refractivity contribution in [3.8, 4) is 23.1 Å². The largest absolute Gasteiger partial charge is 0.384 e. The molecule has 1 fully saturated rings. The topological polar surface area (TPSA) is 36.4 Å². The first-order valence-electron chi connectivity index (χ1n) is 9.22. The van der Waals surface area contributed by atoms with Gasteiger partial charge in [-0.25, -0.2) is 0 Å². The van der Waals surface area contributed by atoms with Crippen LogP contribution >= 0.6 is 11.3 Å². The number of thiophene rings is 1. The van der Waals surface area contributed by atoms with Crippen LogP contribution in [0.15, 0.2) is 60.1 Å². The fourth-order valence-electron chi connectivity index (χ4n) is 3.61. The van der Waals surface area contributed by atoms with Crippen LogP contribution in [0.25, 0.3) is 11.3 Å². The minimum atomic E-state index is -0.0874. The zero-order valence-corrected chi connectivity index (χ0v) is 16.0. The molecule has 1 aromatic carbocycles. The Kier molecular flexibility index (Phi) is 5.64. The summed E-state index contributed by atoms with van der Waals surface area (Å²) >= 11 is 1.75. The van der Waals surface area contributed by atoms with Crippen LogP contribution in [0.3, 0.4) is 0 Å².